The molecule has 22 heavy (non-hydrogen) atoms. The molecule has 0 amide bonds. The van der Waals surface area contributed by atoms with E-state index in [0.717, 1.165) is 18.7 Å². The van der Waals surface area contributed by atoms with Gasteiger partial charge in [-0.3, -0.25) is 0 Å². The van der Waals surface area contributed by atoms with Crippen LogP contribution in [-0.4, -0.2) is 29.5 Å². The summed E-state index contributed by atoms with van der Waals surface area (Å²) in [5.41, 5.74) is -0.744. The predicted octanol–water partition coefficient (Wildman–Crippen LogP) is 4.40. The normalized spacial score (nSPS) is 28.5. The smallest absolute Gasteiger partial charge is 0.349 e. The van der Waals surface area contributed by atoms with Crippen molar-refractivity contribution < 1.29 is 17.6 Å². The summed E-state index contributed by atoms with van der Waals surface area (Å²) in [6, 6.07) is 1.28. The second-order valence-electron chi connectivity index (χ2n) is 6.32. The van der Waals surface area contributed by atoms with Crippen molar-refractivity contribution in [2.24, 2.45) is 11.8 Å². The molecule has 2 aliphatic rings. The van der Waals surface area contributed by atoms with Crippen molar-refractivity contribution >= 4 is 17.6 Å². The number of piperidine rings is 1. The van der Waals surface area contributed by atoms with E-state index in [4.69, 9.17) is 0 Å². The quantitative estimate of drug-likeness (QED) is 0.709. The predicted molar refractivity (Wildman–Crippen MR) is 78.9 cm³/mol. The van der Waals surface area contributed by atoms with Gasteiger partial charge in [0.25, 0.3) is 0 Å². The first kappa shape index (κ1) is 15.9. The Hall–Kier alpha value is -0.980. The van der Waals surface area contributed by atoms with Gasteiger partial charge in [-0.05, 0) is 24.3 Å². The van der Waals surface area contributed by atoms with Crippen LogP contribution >= 0.6 is 11.8 Å². The van der Waals surface area contributed by atoms with E-state index < -0.39 is 17.9 Å². The highest BCUT2D eigenvalue weighted by atomic mass is 32.2. The van der Waals surface area contributed by atoms with Crippen molar-refractivity contribution in [3.8, 4) is 0 Å². The average Bonchev–Trinajstić information content (AvgIpc) is 2.44. The van der Waals surface area contributed by atoms with E-state index in [2.05, 4.69) is 4.98 Å². The van der Waals surface area contributed by atoms with Crippen LogP contribution in [0.25, 0.3) is 0 Å². The highest BCUT2D eigenvalue weighted by Gasteiger charge is 2.41. The van der Waals surface area contributed by atoms with Gasteiger partial charge in [0.05, 0.1) is 17.0 Å². The Kier molecular flexibility index (Phi) is 4.03. The van der Waals surface area contributed by atoms with Gasteiger partial charge >= 0.3 is 6.18 Å². The Balaban J connectivity index is 1.88. The van der Waals surface area contributed by atoms with E-state index in [0.29, 0.717) is 16.5 Å². The zero-order valence-electron chi connectivity index (χ0n) is 12.4. The summed E-state index contributed by atoms with van der Waals surface area (Å²) in [5, 5.41) is 0. The number of thioether (sulfide) groups is 1. The molecule has 122 valence electrons. The van der Waals surface area contributed by atoms with Crippen molar-refractivity contribution in [3.63, 3.8) is 0 Å². The van der Waals surface area contributed by atoms with Crippen molar-refractivity contribution in [2.75, 3.05) is 17.2 Å². The van der Waals surface area contributed by atoms with E-state index in [9.17, 15) is 17.6 Å². The molecule has 0 spiro atoms. The van der Waals surface area contributed by atoms with Crippen molar-refractivity contribution in [3.05, 3.63) is 17.8 Å². The molecule has 7 heteroatoms. The Morgan fingerprint density at radius 2 is 2.09 bits per heavy atom. The summed E-state index contributed by atoms with van der Waals surface area (Å²) in [7, 11) is 0. The maximum atomic E-state index is 14.4. The van der Waals surface area contributed by atoms with Crippen LogP contribution in [0, 0.1) is 11.8 Å². The van der Waals surface area contributed by atoms with E-state index in [1.807, 2.05) is 18.7 Å². The number of anilines is 1. The molecule has 1 fully saturated rings. The van der Waals surface area contributed by atoms with Gasteiger partial charge in [0.15, 0.2) is 0 Å². The molecule has 1 aromatic heterocycles. The fraction of sp³-hybridized carbons (Fsp3) is 0.667. The summed E-state index contributed by atoms with van der Waals surface area (Å²) in [6.07, 6.45) is -3.78. The molecule has 0 radical (unpaired) electrons. The molecule has 0 N–H and O–H groups in total. The lowest BCUT2D eigenvalue weighted by molar-refractivity contribution is -0.138. The first-order valence-electron chi connectivity index (χ1n) is 7.38. The summed E-state index contributed by atoms with van der Waals surface area (Å²) in [4.78, 5) is 6.35. The molecule has 2 aliphatic heterocycles. The number of halogens is 4. The van der Waals surface area contributed by atoms with Crippen LogP contribution in [0.1, 0.15) is 25.8 Å². The lowest BCUT2D eigenvalue weighted by atomic mass is 9.82. The van der Waals surface area contributed by atoms with E-state index >= 15 is 0 Å². The number of hydrogen-bond donors (Lipinski definition) is 0. The number of rotatable bonds is 1. The number of nitrogens with zero attached hydrogens (tertiary/aromatic N) is 2. The Morgan fingerprint density at radius 1 is 1.36 bits per heavy atom. The minimum absolute atomic E-state index is 0.0119. The molecule has 1 aromatic rings. The van der Waals surface area contributed by atoms with Gasteiger partial charge in [-0.15, -0.1) is 11.8 Å². The van der Waals surface area contributed by atoms with Gasteiger partial charge in [0, 0.05) is 18.0 Å². The molecule has 3 atom stereocenters. The number of hydrogen-bond acceptors (Lipinski definition) is 3. The van der Waals surface area contributed by atoms with Gasteiger partial charge in [-0.2, -0.15) is 13.2 Å². The number of aromatic nitrogens is 1. The summed E-state index contributed by atoms with van der Waals surface area (Å²) in [6.45, 7) is 4.26. The van der Waals surface area contributed by atoms with Crippen molar-refractivity contribution in [1.82, 2.24) is 4.98 Å². The molecule has 0 aliphatic carbocycles. The molecule has 3 rings (SSSR count). The molecular weight excluding hydrogens is 316 g/mol. The fourth-order valence-electron chi connectivity index (χ4n) is 3.27. The fourth-order valence-corrected chi connectivity index (χ4v) is 4.47. The van der Waals surface area contributed by atoms with Crippen LogP contribution in [0.15, 0.2) is 17.2 Å². The summed E-state index contributed by atoms with van der Waals surface area (Å²) >= 11 is 1.39. The van der Waals surface area contributed by atoms with Crippen molar-refractivity contribution in [2.45, 2.75) is 43.6 Å². The minimum Gasteiger partial charge on any atom is -0.349 e. The topological polar surface area (TPSA) is 16.1 Å². The Bertz CT molecular complexity index is 561. The molecule has 3 heterocycles. The van der Waals surface area contributed by atoms with Crippen LogP contribution in [0.5, 0.6) is 0 Å². The van der Waals surface area contributed by atoms with Crippen LogP contribution in [0.4, 0.5) is 23.4 Å². The number of pyridine rings is 1. The summed E-state index contributed by atoms with van der Waals surface area (Å²) < 4.78 is 52.7. The van der Waals surface area contributed by atoms with Crippen LogP contribution in [-0.2, 0) is 6.18 Å². The van der Waals surface area contributed by atoms with Crippen LogP contribution in [0.3, 0.4) is 0 Å². The average molecular weight is 334 g/mol. The van der Waals surface area contributed by atoms with Crippen LogP contribution < -0.4 is 4.90 Å². The first-order valence-corrected chi connectivity index (χ1v) is 8.36. The second-order valence-corrected chi connectivity index (χ2v) is 7.38. The molecule has 2 nitrogen and oxygen atoms in total. The van der Waals surface area contributed by atoms with E-state index in [1.54, 1.807) is 0 Å². The highest BCUT2D eigenvalue weighted by molar-refractivity contribution is 7.99. The third kappa shape index (κ3) is 2.79. The third-order valence-electron chi connectivity index (χ3n) is 4.54. The van der Waals surface area contributed by atoms with E-state index in [-0.39, 0.29) is 24.4 Å². The minimum atomic E-state index is -4.40. The lowest BCUT2D eigenvalue weighted by Crippen LogP contribution is -2.52. The lowest BCUT2D eigenvalue weighted by Gasteiger charge is -2.46. The molecular formula is C15H18F4N2S. The summed E-state index contributed by atoms with van der Waals surface area (Å²) in [5.74, 6) is 1.47. The standard InChI is InChI=1S/C15H18F4N2S/c1-8(2)11-4-10-7-22-13-3-9(15(17,18)19)5-20-14(13)21(10)6-12(11)16/h3,5,8,10-12H,4,6-7H2,1-2H3. The SMILES string of the molecule is CC(C)C1CC2CSc3cc(C(F)(F)F)cnc3N2CC1F. The van der Waals surface area contributed by atoms with E-state index in [1.165, 1.54) is 11.8 Å². The maximum absolute atomic E-state index is 14.4. The highest BCUT2D eigenvalue weighted by Crippen LogP contribution is 2.44. The van der Waals surface area contributed by atoms with Crippen LogP contribution in [0.2, 0.25) is 0 Å². The van der Waals surface area contributed by atoms with Gasteiger partial charge < -0.3 is 4.90 Å². The molecule has 0 bridgehead atoms. The van der Waals surface area contributed by atoms with Gasteiger partial charge in [-0.25, -0.2) is 9.37 Å². The largest absolute Gasteiger partial charge is 0.417 e. The number of fused-ring (bicyclic) bond motifs is 3. The molecule has 0 saturated carbocycles. The van der Waals surface area contributed by atoms with Crippen molar-refractivity contribution in [1.29, 1.82) is 0 Å². The van der Waals surface area contributed by atoms with Gasteiger partial charge in [-0.1, -0.05) is 13.8 Å². The maximum Gasteiger partial charge on any atom is 0.417 e. The monoisotopic (exact) mass is 334 g/mol. The van der Waals surface area contributed by atoms with Gasteiger partial charge in [0.1, 0.15) is 12.0 Å². The molecule has 3 unspecified atom stereocenters. The zero-order chi connectivity index (χ0) is 16.1. The molecule has 0 aromatic carbocycles. The first-order chi connectivity index (χ1) is 10.3. The zero-order valence-corrected chi connectivity index (χ0v) is 13.2. The Labute approximate surface area is 131 Å². The number of alkyl halides is 4. The Morgan fingerprint density at radius 3 is 2.73 bits per heavy atom. The molecule has 1 saturated heterocycles. The third-order valence-corrected chi connectivity index (χ3v) is 5.70. The second kappa shape index (κ2) is 5.58. The van der Waals surface area contributed by atoms with Gasteiger partial charge in [0.2, 0.25) is 0 Å².